The molecule has 0 spiro atoms. The van der Waals surface area contributed by atoms with E-state index in [-0.39, 0.29) is 10.6 Å². The third-order valence-corrected chi connectivity index (χ3v) is 3.55. The van der Waals surface area contributed by atoms with Crippen molar-refractivity contribution in [1.82, 2.24) is 15.1 Å². The number of nitrogens with one attached hydrogen (secondary N) is 1. The lowest BCUT2D eigenvalue weighted by molar-refractivity contribution is -0.384. The first-order chi connectivity index (χ1) is 9.11. The lowest BCUT2D eigenvalue weighted by Crippen LogP contribution is -2.38. The maximum absolute atomic E-state index is 11.1. The number of aromatic nitrogens is 2. The summed E-state index contributed by atoms with van der Waals surface area (Å²) in [7, 11) is 1.71. The molecule has 1 aromatic heterocycles. The van der Waals surface area contributed by atoms with Crippen LogP contribution in [0, 0.1) is 16.0 Å². The van der Waals surface area contributed by atoms with Crippen molar-refractivity contribution in [2.45, 2.75) is 19.8 Å². The van der Waals surface area contributed by atoms with Crippen molar-refractivity contribution in [2.24, 2.45) is 13.0 Å². The highest BCUT2D eigenvalue weighted by atomic mass is 16.6. The number of hydrogen-bond donors (Lipinski definition) is 1. The lowest BCUT2D eigenvalue weighted by atomic mass is 9.99. The average Bonchev–Trinajstić information content (AvgIpc) is 2.79. The van der Waals surface area contributed by atoms with Crippen LogP contribution in [0.15, 0.2) is 6.20 Å². The van der Waals surface area contributed by atoms with E-state index in [1.54, 1.807) is 7.05 Å². The standard InChI is InChI=1S/C12H21N5O2/c1-3-16(8-10-5-4-6-13-7-10)12-11(17(18)19)9-15(2)14-12/h9-10,13H,3-8H2,1-2H3. The Morgan fingerprint density at radius 2 is 2.47 bits per heavy atom. The molecule has 1 unspecified atom stereocenters. The zero-order valence-electron chi connectivity index (χ0n) is 11.5. The molecule has 0 aromatic carbocycles. The van der Waals surface area contributed by atoms with Gasteiger partial charge in [-0.25, -0.2) is 0 Å². The molecule has 2 heterocycles. The second-order valence-corrected chi connectivity index (χ2v) is 5.02. The molecule has 0 aliphatic carbocycles. The van der Waals surface area contributed by atoms with E-state index < -0.39 is 0 Å². The quantitative estimate of drug-likeness (QED) is 0.640. The Kier molecular flexibility index (Phi) is 4.36. The second-order valence-electron chi connectivity index (χ2n) is 5.02. The summed E-state index contributed by atoms with van der Waals surface area (Å²) in [6.45, 7) is 5.62. The van der Waals surface area contributed by atoms with Gasteiger partial charge in [0.1, 0.15) is 6.20 Å². The minimum atomic E-state index is -0.357. The summed E-state index contributed by atoms with van der Waals surface area (Å²) in [6, 6.07) is 0. The Morgan fingerprint density at radius 3 is 3.05 bits per heavy atom. The topological polar surface area (TPSA) is 76.2 Å². The average molecular weight is 267 g/mol. The van der Waals surface area contributed by atoms with Gasteiger partial charge in [-0.3, -0.25) is 14.8 Å². The number of rotatable bonds is 5. The molecule has 106 valence electrons. The molecule has 7 nitrogen and oxygen atoms in total. The maximum Gasteiger partial charge on any atom is 0.330 e. The van der Waals surface area contributed by atoms with Crippen molar-refractivity contribution in [2.75, 3.05) is 31.1 Å². The molecule has 1 fully saturated rings. The summed E-state index contributed by atoms with van der Waals surface area (Å²) in [5.74, 6) is 1.02. The fraction of sp³-hybridized carbons (Fsp3) is 0.750. The third-order valence-electron chi connectivity index (χ3n) is 3.55. The molecule has 0 radical (unpaired) electrons. The van der Waals surface area contributed by atoms with E-state index >= 15 is 0 Å². The van der Waals surface area contributed by atoms with Gasteiger partial charge in [0.25, 0.3) is 0 Å². The molecule has 1 saturated heterocycles. The minimum absolute atomic E-state index is 0.0909. The molecule has 1 atom stereocenters. The molecular formula is C12H21N5O2. The Bertz CT molecular complexity index is 439. The van der Waals surface area contributed by atoms with Crippen molar-refractivity contribution >= 4 is 11.5 Å². The summed E-state index contributed by atoms with van der Waals surface area (Å²) in [5, 5.41) is 18.7. The molecule has 2 rings (SSSR count). The van der Waals surface area contributed by atoms with Crippen LogP contribution in [0.25, 0.3) is 0 Å². The van der Waals surface area contributed by atoms with Crippen LogP contribution >= 0.6 is 0 Å². The number of aryl methyl sites for hydroxylation is 1. The predicted octanol–water partition coefficient (Wildman–Crippen LogP) is 1.15. The van der Waals surface area contributed by atoms with Crippen LogP contribution in [0.2, 0.25) is 0 Å². The van der Waals surface area contributed by atoms with Gasteiger partial charge in [-0.15, -0.1) is 5.10 Å². The van der Waals surface area contributed by atoms with E-state index in [1.807, 2.05) is 11.8 Å². The Labute approximate surface area is 112 Å². The summed E-state index contributed by atoms with van der Waals surface area (Å²) in [4.78, 5) is 12.7. The van der Waals surface area contributed by atoms with Crippen molar-refractivity contribution in [3.8, 4) is 0 Å². The highest BCUT2D eigenvalue weighted by Gasteiger charge is 2.25. The van der Waals surface area contributed by atoms with Gasteiger partial charge in [0.05, 0.1) is 4.92 Å². The van der Waals surface area contributed by atoms with E-state index in [2.05, 4.69) is 10.4 Å². The highest BCUT2D eigenvalue weighted by molar-refractivity contribution is 5.56. The van der Waals surface area contributed by atoms with Crippen molar-refractivity contribution in [1.29, 1.82) is 0 Å². The monoisotopic (exact) mass is 267 g/mol. The molecule has 1 aromatic rings. The molecular weight excluding hydrogens is 246 g/mol. The maximum atomic E-state index is 11.1. The van der Waals surface area contributed by atoms with E-state index in [0.29, 0.717) is 11.7 Å². The van der Waals surface area contributed by atoms with Crippen LogP contribution in [0.4, 0.5) is 11.5 Å². The fourth-order valence-corrected chi connectivity index (χ4v) is 2.58. The molecule has 1 aliphatic heterocycles. The van der Waals surface area contributed by atoms with E-state index in [1.165, 1.54) is 23.7 Å². The van der Waals surface area contributed by atoms with Gasteiger partial charge in [-0.1, -0.05) is 0 Å². The number of piperidine rings is 1. The minimum Gasteiger partial charge on any atom is -0.349 e. The molecule has 0 amide bonds. The summed E-state index contributed by atoms with van der Waals surface area (Å²) < 4.78 is 1.51. The van der Waals surface area contributed by atoms with Crippen LogP contribution in [0.3, 0.4) is 0 Å². The molecule has 1 aliphatic rings. The van der Waals surface area contributed by atoms with Crippen molar-refractivity contribution in [3.05, 3.63) is 16.3 Å². The lowest BCUT2D eigenvalue weighted by Gasteiger charge is -2.29. The molecule has 0 bridgehead atoms. The Balaban J connectivity index is 2.14. The normalized spacial score (nSPS) is 19.4. The number of nitrogens with zero attached hydrogens (tertiary/aromatic N) is 4. The van der Waals surface area contributed by atoms with Gasteiger partial charge in [0.15, 0.2) is 0 Å². The van der Waals surface area contributed by atoms with Gasteiger partial charge in [-0.2, -0.15) is 0 Å². The van der Waals surface area contributed by atoms with Crippen molar-refractivity contribution < 1.29 is 4.92 Å². The fourth-order valence-electron chi connectivity index (χ4n) is 2.58. The summed E-state index contributed by atoms with van der Waals surface area (Å²) in [6.07, 6.45) is 3.81. The van der Waals surface area contributed by atoms with Crippen LogP contribution in [0.5, 0.6) is 0 Å². The number of anilines is 1. The van der Waals surface area contributed by atoms with Crippen LogP contribution in [-0.4, -0.2) is 40.9 Å². The van der Waals surface area contributed by atoms with Crippen LogP contribution in [0.1, 0.15) is 19.8 Å². The van der Waals surface area contributed by atoms with Gasteiger partial charge in [-0.05, 0) is 38.8 Å². The first-order valence-corrected chi connectivity index (χ1v) is 6.75. The van der Waals surface area contributed by atoms with E-state index in [4.69, 9.17) is 0 Å². The smallest absolute Gasteiger partial charge is 0.330 e. The Hall–Kier alpha value is -1.63. The molecule has 7 heteroatoms. The largest absolute Gasteiger partial charge is 0.349 e. The highest BCUT2D eigenvalue weighted by Crippen LogP contribution is 2.27. The van der Waals surface area contributed by atoms with E-state index in [9.17, 15) is 10.1 Å². The molecule has 0 saturated carbocycles. The third kappa shape index (κ3) is 3.23. The van der Waals surface area contributed by atoms with Gasteiger partial charge < -0.3 is 10.2 Å². The first-order valence-electron chi connectivity index (χ1n) is 6.75. The predicted molar refractivity (Wildman–Crippen MR) is 73.3 cm³/mol. The second kappa shape index (κ2) is 6.01. The number of hydrogen-bond acceptors (Lipinski definition) is 5. The van der Waals surface area contributed by atoms with E-state index in [0.717, 1.165) is 26.2 Å². The zero-order chi connectivity index (χ0) is 13.8. The van der Waals surface area contributed by atoms with Crippen LogP contribution in [-0.2, 0) is 7.05 Å². The first kappa shape index (κ1) is 13.8. The van der Waals surface area contributed by atoms with Gasteiger partial charge in [0.2, 0.25) is 5.82 Å². The molecule has 19 heavy (non-hydrogen) atoms. The molecule has 1 N–H and O–H groups in total. The summed E-state index contributed by atoms with van der Waals surface area (Å²) >= 11 is 0. The van der Waals surface area contributed by atoms with Crippen molar-refractivity contribution in [3.63, 3.8) is 0 Å². The zero-order valence-corrected chi connectivity index (χ0v) is 11.5. The van der Waals surface area contributed by atoms with Gasteiger partial charge >= 0.3 is 5.69 Å². The van der Waals surface area contributed by atoms with Crippen LogP contribution < -0.4 is 10.2 Å². The SMILES string of the molecule is CCN(CC1CCCNC1)c1nn(C)cc1[N+](=O)[O-]. The Morgan fingerprint density at radius 1 is 1.68 bits per heavy atom. The number of nitro groups is 1. The summed E-state index contributed by atoms with van der Waals surface area (Å²) in [5.41, 5.74) is 0.0909. The van der Waals surface area contributed by atoms with Gasteiger partial charge in [0, 0.05) is 20.1 Å².